The molecule has 0 spiro atoms. The zero-order valence-electron chi connectivity index (χ0n) is 11.3. The Morgan fingerprint density at radius 1 is 1.25 bits per heavy atom. The Kier molecular flexibility index (Phi) is 4.55. The van der Waals surface area contributed by atoms with E-state index in [4.69, 9.17) is 5.73 Å². The van der Waals surface area contributed by atoms with Crippen LogP contribution in [-0.4, -0.2) is 16.9 Å². The number of rotatable bonds is 3. The summed E-state index contributed by atoms with van der Waals surface area (Å²) >= 11 is 0. The molecule has 0 heterocycles. The third kappa shape index (κ3) is 3.46. The molecule has 1 aliphatic rings. The predicted molar refractivity (Wildman–Crippen MR) is 76.5 cm³/mol. The van der Waals surface area contributed by atoms with Gasteiger partial charge in [-0.25, -0.2) is 0 Å². The van der Waals surface area contributed by atoms with Gasteiger partial charge in [0, 0.05) is 17.7 Å². The number of nitrogens with zero attached hydrogens (tertiary/aromatic N) is 1. The highest BCUT2D eigenvalue weighted by Gasteiger charge is 2.19. The lowest BCUT2D eigenvalue weighted by Gasteiger charge is -2.16. The van der Waals surface area contributed by atoms with Gasteiger partial charge in [0.25, 0.3) is 11.6 Å². The van der Waals surface area contributed by atoms with Crippen molar-refractivity contribution in [3.8, 4) is 0 Å². The van der Waals surface area contributed by atoms with E-state index < -0.39 is 4.92 Å². The fourth-order valence-corrected chi connectivity index (χ4v) is 2.54. The first-order valence-corrected chi connectivity index (χ1v) is 6.92. The van der Waals surface area contributed by atoms with Crippen LogP contribution >= 0.6 is 0 Å². The maximum atomic E-state index is 12.1. The number of hydrogen-bond donors (Lipinski definition) is 2. The monoisotopic (exact) mass is 277 g/mol. The lowest BCUT2D eigenvalue weighted by atomic mass is 10.1. The molecule has 0 aromatic heterocycles. The lowest BCUT2D eigenvalue weighted by molar-refractivity contribution is -0.383. The van der Waals surface area contributed by atoms with E-state index in [0.29, 0.717) is 0 Å². The first kappa shape index (κ1) is 14.3. The Bertz CT molecular complexity index is 508. The van der Waals surface area contributed by atoms with E-state index in [1.165, 1.54) is 31.0 Å². The number of nitro groups is 1. The quantitative estimate of drug-likeness (QED) is 0.384. The average Bonchev–Trinajstić information content (AvgIpc) is 2.67. The van der Waals surface area contributed by atoms with Gasteiger partial charge in [-0.2, -0.15) is 0 Å². The van der Waals surface area contributed by atoms with Crippen molar-refractivity contribution >= 4 is 17.3 Å². The van der Waals surface area contributed by atoms with E-state index >= 15 is 0 Å². The van der Waals surface area contributed by atoms with Crippen LogP contribution in [0.3, 0.4) is 0 Å². The lowest BCUT2D eigenvalue weighted by Crippen LogP contribution is -2.34. The van der Waals surface area contributed by atoms with Crippen LogP contribution in [-0.2, 0) is 0 Å². The molecule has 1 fully saturated rings. The summed E-state index contributed by atoms with van der Waals surface area (Å²) in [5.74, 6) is -0.264. The topological polar surface area (TPSA) is 98.3 Å². The molecule has 2 rings (SSSR count). The van der Waals surface area contributed by atoms with Crippen molar-refractivity contribution in [2.45, 2.75) is 44.6 Å². The second kappa shape index (κ2) is 6.36. The van der Waals surface area contributed by atoms with Crippen LogP contribution < -0.4 is 11.1 Å². The summed E-state index contributed by atoms with van der Waals surface area (Å²) in [5, 5.41) is 13.8. The molecule has 0 bridgehead atoms. The Morgan fingerprint density at radius 2 is 1.90 bits per heavy atom. The molecule has 1 saturated carbocycles. The maximum absolute atomic E-state index is 12.1. The average molecular weight is 277 g/mol. The van der Waals surface area contributed by atoms with Crippen LogP contribution in [0, 0.1) is 10.1 Å². The smallest absolute Gasteiger partial charge is 0.292 e. The van der Waals surface area contributed by atoms with E-state index in [0.717, 1.165) is 25.7 Å². The molecule has 0 saturated heterocycles. The molecule has 6 nitrogen and oxygen atoms in total. The molecule has 1 aliphatic carbocycles. The number of benzene rings is 1. The Balaban J connectivity index is 2.08. The Hall–Kier alpha value is -2.11. The van der Waals surface area contributed by atoms with Crippen LogP contribution in [0.1, 0.15) is 48.9 Å². The largest absolute Gasteiger partial charge is 0.393 e. The van der Waals surface area contributed by atoms with E-state index in [1.807, 2.05) is 0 Å². The highest BCUT2D eigenvalue weighted by Crippen LogP contribution is 2.23. The number of nitrogens with two attached hydrogens (primary N) is 1. The predicted octanol–water partition coefficient (Wildman–Crippen LogP) is 2.63. The number of anilines is 1. The summed E-state index contributed by atoms with van der Waals surface area (Å²) in [4.78, 5) is 22.4. The van der Waals surface area contributed by atoms with Crippen molar-refractivity contribution in [2.75, 3.05) is 5.73 Å². The van der Waals surface area contributed by atoms with Gasteiger partial charge >= 0.3 is 0 Å². The number of nitro benzene ring substituents is 1. The molecule has 1 aromatic carbocycles. The molecule has 1 amide bonds. The molecular weight excluding hydrogens is 258 g/mol. The summed E-state index contributed by atoms with van der Waals surface area (Å²) in [6.07, 6.45) is 6.60. The van der Waals surface area contributed by atoms with Crippen molar-refractivity contribution < 1.29 is 9.72 Å². The molecule has 3 N–H and O–H groups in total. The summed E-state index contributed by atoms with van der Waals surface area (Å²) in [5.41, 5.74) is 5.66. The fourth-order valence-electron chi connectivity index (χ4n) is 2.54. The number of nitrogen functional groups attached to an aromatic ring is 1. The van der Waals surface area contributed by atoms with Crippen LogP contribution in [0.5, 0.6) is 0 Å². The summed E-state index contributed by atoms with van der Waals surface area (Å²) < 4.78 is 0. The van der Waals surface area contributed by atoms with Gasteiger partial charge in [0.1, 0.15) is 5.69 Å². The fraction of sp³-hybridized carbons (Fsp3) is 0.500. The minimum atomic E-state index is -0.572. The van der Waals surface area contributed by atoms with Crippen molar-refractivity contribution in [1.29, 1.82) is 0 Å². The van der Waals surface area contributed by atoms with E-state index in [-0.39, 0.29) is 28.9 Å². The third-order valence-corrected chi connectivity index (χ3v) is 3.68. The van der Waals surface area contributed by atoms with Crippen molar-refractivity contribution in [3.63, 3.8) is 0 Å². The van der Waals surface area contributed by atoms with E-state index in [2.05, 4.69) is 5.32 Å². The molecule has 0 radical (unpaired) electrons. The SMILES string of the molecule is Nc1ccc(C(=O)NC2CCCCCC2)cc1[N+](=O)[O-]. The van der Waals surface area contributed by atoms with Crippen LogP contribution in [0.15, 0.2) is 18.2 Å². The summed E-state index contributed by atoms with van der Waals surface area (Å²) in [6.45, 7) is 0. The van der Waals surface area contributed by atoms with E-state index in [9.17, 15) is 14.9 Å². The minimum Gasteiger partial charge on any atom is -0.393 e. The summed E-state index contributed by atoms with van der Waals surface area (Å²) in [7, 11) is 0. The van der Waals surface area contributed by atoms with Gasteiger partial charge in [-0.1, -0.05) is 25.7 Å². The maximum Gasteiger partial charge on any atom is 0.292 e. The Morgan fingerprint density at radius 3 is 2.50 bits per heavy atom. The van der Waals surface area contributed by atoms with Crippen molar-refractivity contribution in [3.05, 3.63) is 33.9 Å². The molecule has 108 valence electrons. The van der Waals surface area contributed by atoms with Gasteiger partial charge in [-0.15, -0.1) is 0 Å². The molecule has 20 heavy (non-hydrogen) atoms. The summed E-state index contributed by atoms with van der Waals surface area (Å²) in [6, 6.07) is 4.33. The standard InChI is InChI=1S/C14H19N3O3/c15-12-8-7-10(9-13(12)17(19)20)14(18)16-11-5-3-1-2-4-6-11/h7-9,11H,1-6,15H2,(H,16,18). The second-order valence-corrected chi connectivity index (χ2v) is 5.19. The van der Waals surface area contributed by atoms with Crippen LogP contribution in [0.4, 0.5) is 11.4 Å². The van der Waals surface area contributed by atoms with Gasteiger partial charge < -0.3 is 11.1 Å². The molecule has 6 heteroatoms. The van der Waals surface area contributed by atoms with Crippen molar-refractivity contribution in [1.82, 2.24) is 5.32 Å². The number of nitrogens with one attached hydrogen (secondary N) is 1. The molecular formula is C14H19N3O3. The zero-order valence-corrected chi connectivity index (χ0v) is 11.3. The highest BCUT2D eigenvalue weighted by molar-refractivity contribution is 5.95. The van der Waals surface area contributed by atoms with Crippen molar-refractivity contribution in [2.24, 2.45) is 0 Å². The van der Waals surface area contributed by atoms with Crippen LogP contribution in [0.2, 0.25) is 0 Å². The number of carbonyl (C=O) groups excluding carboxylic acids is 1. The molecule has 0 aliphatic heterocycles. The first-order chi connectivity index (χ1) is 9.58. The van der Waals surface area contributed by atoms with Gasteiger partial charge in [0.2, 0.25) is 0 Å². The third-order valence-electron chi connectivity index (χ3n) is 3.68. The van der Waals surface area contributed by atoms with E-state index in [1.54, 1.807) is 0 Å². The Labute approximate surface area is 117 Å². The molecule has 0 unspecified atom stereocenters. The normalized spacial score (nSPS) is 16.4. The number of carbonyl (C=O) groups is 1. The second-order valence-electron chi connectivity index (χ2n) is 5.19. The van der Waals surface area contributed by atoms with Gasteiger partial charge in [-0.3, -0.25) is 14.9 Å². The van der Waals surface area contributed by atoms with Gasteiger partial charge in [0.05, 0.1) is 4.92 Å². The zero-order chi connectivity index (χ0) is 14.5. The molecule has 0 atom stereocenters. The van der Waals surface area contributed by atoms with Crippen LogP contribution in [0.25, 0.3) is 0 Å². The molecule has 1 aromatic rings. The first-order valence-electron chi connectivity index (χ1n) is 6.92. The number of hydrogen-bond acceptors (Lipinski definition) is 4. The number of amides is 1. The minimum absolute atomic E-state index is 0.0704. The van der Waals surface area contributed by atoms with Gasteiger partial charge in [0.15, 0.2) is 0 Å². The highest BCUT2D eigenvalue weighted by atomic mass is 16.6. The van der Waals surface area contributed by atoms with Gasteiger partial charge in [-0.05, 0) is 25.0 Å².